The van der Waals surface area contributed by atoms with Gasteiger partial charge in [0.2, 0.25) is 16.8 Å². The van der Waals surface area contributed by atoms with Gasteiger partial charge in [-0.3, -0.25) is 10.1 Å². The molecule has 0 aliphatic carbocycles. The van der Waals surface area contributed by atoms with Crippen LogP contribution in [0.1, 0.15) is 6.42 Å². The molecule has 0 spiro atoms. The predicted molar refractivity (Wildman–Crippen MR) is 113 cm³/mol. The normalized spacial score (nSPS) is 10.8. The minimum atomic E-state index is -0.219. The maximum absolute atomic E-state index is 12.2. The summed E-state index contributed by atoms with van der Waals surface area (Å²) in [5, 5.41) is 9.73. The third kappa shape index (κ3) is 4.49. The van der Waals surface area contributed by atoms with Crippen molar-refractivity contribution in [3.05, 3.63) is 58.9 Å². The molecule has 2 aromatic heterocycles. The summed E-state index contributed by atoms with van der Waals surface area (Å²) in [4.78, 5) is 17.2. The zero-order chi connectivity index (χ0) is 20.2. The van der Waals surface area contributed by atoms with Gasteiger partial charge in [0.1, 0.15) is 11.5 Å². The fourth-order valence-electron chi connectivity index (χ4n) is 2.67. The summed E-state index contributed by atoms with van der Waals surface area (Å²) in [6.07, 6.45) is 0.181. The zero-order valence-corrected chi connectivity index (χ0v) is 17.0. The highest BCUT2D eigenvalue weighted by molar-refractivity contribution is 7.15. The molecule has 4 aromatic rings. The molecule has 9 heteroatoms. The smallest absolute Gasteiger partial charge is 0.250 e. The fourth-order valence-corrected chi connectivity index (χ4v) is 3.63. The molecule has 1 amide bonds. The number of thiazole rings is 1. The lowest BCUT2D eigenvalue weighted by Crippen LogP contribution is -2.16. The average molecular weight is 429 g/mol. The molecule has 0 fully saturated rings. The number of aromatic nitrogens is 3. The van der Waals surface area contributed by atoms with Gasteiger partial charge < -0.3 is 9.47 Å². The summed E-state index contributed by atoms with van der Waals surface area (Å²) >= 11 is 7.29. The Labute approximate surface area is 175 Å². The fraction of sp³-hybridized carbons (Fsp3) is 0.150. The maximum atomic E-state index is 12.2. The summed E-state index contributed by atoms with van der Waals surface area (Å²) in [7, 11) is 1.63. The number of rotatable bonds is 7. The van der Waals surface area contributed by atoms with Crippen LogP contribution in [0.3, 0.4) is 0 Å². The number of carbonyl (C=O) groups is 1. The Hall–Kier alpha value is -3.10. The number of anilines is 1. The van der Waals surface area contributed by atoms with Gasteiger partial charge in [0.15, 0.2) is 0 Å². The van der Waals surface area contributed by atoms with Crippen molar-refractivity contribution in [2.45, 2.75) is 6.42 Å². The van der Waals surface area contributed by atoms with Crippen molar-refractivity contribution < 1.29 is 14.3 Å². The van der Waals surface area contributed by atoms with Crippen LogP contribution in [0.25, 0.3) is 16.2 Å². The lowest BCUT2D eigenvalue weighted by atomic mass is 10.2. The number of nitrogens with zero attached hydrogens (tertiary/aromatic N) is 3. The van der Waals surface area contributed by atoms with E-state index in [4.69, 9.17) is 21.1 Å². The molecule has 0 bridgehead atoms. The second-order valence-electron chi connectivity index (χ2n) is 6.08. The number of benzene rings is 2. The van der Waals surface area contributed by atoms with Gasteiger partial charge >= 0.3 is 0 Å². The molecule has 0 aliphatic rings. The molecule has 1 N–H and O–H groups in total. The van der Waals surface area contributed by atoms with Crippen molar-refractivity contribution >= 4 is 39.8 Å². The average Bonchev–Trinajstić information content (AvgIpc) is 3.30. The van der Waals surface area contributed by atoms with Gasteiger partial charge in [-0.1, -0.05) is 11.6 Å². The van der Waals surface area contributed by atoms with Gasteiger partial charge in [-0.15, -0.1) is 16.4 Å². The minimum Gasteiger partial charge on any atom is -0.497 e. The van der Waals surface area contributed by atoms with Gasteiger partial charge in [0.05, 0.1) is 25.8 Å². The van der Waals surface area contributed by atoms with Gasteiger partial charge in [0, 0.05) is 16.0 Å². The summed E-state index contributed by atoms with van der Waals surface area (Å²) in [6.45, 7) is 0.243. The van der Waals surface area contributed by atoms with Crippen LogP contribution in [0.5, 0.6) is 11.5 Å². The van der Waals surface area contributed by atoms with Gasteiger partial charge in [-0.05, 0) is 48.5 Å². The molecule has 0 unspecified atom stereocenters. The van der Waals surface area contributed by atoms with E-state index in [1.54, 1.807) is 35.9 Å². The Morgan fingerprint density at radius 3 is 2.59 bits per heavy atom. The first kappa shape index (κ1) is 19.2. The maximum Gasteiger partial charge on any atom is 0.250 e. The Balaban J connectivity index is 1.38. The molecule has 0 atom stereocenters. The van der Waals surface area contributed by atoms with E-state index < -0.39 is 0 Å². The molecular weight excluding hydrogens is 412 g/mol. The quantitative estimate of drug-likeness (QED) is 0.468. The van der Waals surface area contributed by atoms with Crippen LogP contribution in [0, 0.1) is 0 Å². The molecule has 0 saturated heterocycles. The van der Waals surface area contributed by atoms with Gasteiger partial charge in [-0.2, -0.15) is 4.98 Å². The molecule has 148 valence electrons. The molecule has 4 rings (SSSR count). The topological polar surface area (TPSA) is 77.8 Å². The number of hydrogen-bond donors (Lipinski definition) is 1. The third-order valence-electron chi connectivity index (χ3n) is 4.13. The van der Waals surface area contributed by atoms with Crippen LogP contribution < -0.4 is 14.8 Å². The molecule has 0 saturated carbocycles. The van der Waals surface area contributed by atoms with E-state index in [0.717, 1.165) is 17.0 Å². The number of nitrogens with one attached hydrogen (secondary N) is 1. The standard InChI is InChI=1S/C20H17ClN4O3S/c1-27-15-6-2-13(3-7-15)17-12-29-20-23-19(24-25(17)20)22-18(26)10-11-28-16-8-4-14(21)5-9-16/h2-9,12H,10-11H2,1H3,(H,22,24,26). The summed E-state index contributed by atoms with van der Waals surface area (Å²) in [5.74, 6) is 1.49. The largest absolute Gasteiger partial charge is 0.497 e. The number of hydrogen-bond acceptors (Lipinski definition) is 6. The first-order valence-corrected chi connectivity index (χ1v) is 10.0. The first-order chi connectivity index (χ1) is 14.1. The van der Waals surface area contributed by atoms with Crippen molar-refractivity contribution in [2.75, 3.05) is 19.0 Å². The second-order valence-corrected chi connectivity index (χ2v) is 7.35. The number of amides is 1. The highest BCUT2D eigenvalue weighted by Gasteiger charge is 2.13. The molecule has 2 aromatic carbocycles. The van der Waals surface area contributed by atoms with Crippen LogP contribution >= 0.6 is 22.9 Å². The highest BCUT2D eigenvalue weighted by Crippen LogP contribution is 2.27. The van der Waals surface area contributed by atoms with Gasteiger partial charge in [0.25, 0.3) is 0 Å². The van der Waals surface area contributed by atoms with Crippen LogP contribution in [-0.2, 0) is 4.79 Å². The Morgan fingerprint density at radius 1 is 1.14 bits per heavy atom. The van der Waals surface area contributed by atoms with E-state index in [2.05, 4.69) is 15.4 Å². The zero-order valence-electron chi connectivity index (χ0n) is 15.5. The number of methoxy groups -OCH3 is 1. The van der Waals surface area contributed by atoms with Crippen LogP contribution in [0.2, 0.25) is 5.02 Å². The van der Waals surface area contributed by atoms with E-state index in [0.29, 0.717) is 15.7 Å². The summed E-state index contributed by atoms with van der Waals surface area (Å²) in [5.41, 5.74) is 1.88. The number of fused-ring (bicyclic) bond motifs is 1. The summed E-state index contributed by atoms with van der Waals surface area (Å²) in [6, 6.07) is 14.7. The van der Waals surface area contributed by atoms with Crippen molar-refractivity contribution in [2.24, 2.45) is 0 Å². The van der Waals surface area contributed by atoms with Crippen LogP contribution in [-0.4, -0.2) is 34.2 Å². The SMILES string of the molecule is COc1ccc(-c2csc3nc(NC(=O)CCOc4ccc(Cl)cc4)nn23)cc1. The first-order valence-electron chi connectivity index (χ1n) is 8.79. The van der Waals surface area contributed by atoms with Crippen molar-refractivity contribution in [3.63, 3.8) is 0 Å². The predicted octanol–water partition coefficient (Wildman–Crippen LogP) is 4.53. The van der Waals surface area contributed by atoms with Crippen molar-refractivity contribution in [1.29, 1.82) is 0 Å². The van der Waals surface area contributed by atoms with Crippen molar-refractivity contribution in [1.82, 2.24) is 14.6 Å². The number of ether oxygens (including phenoxy) is 2. The van der Waals surface area contributed by atoms with E-state index in [1.807, 2.05) is 29.6 Å². The summed E-state index contributed by atoms with van der Waals surface area (Å²) < 4.78 is 12.4. The van der Waals surface area contributed by atoms with Crippen molar-refractivity contribution in [3.8, 4) is 22.8 Å². The monoisotopic (exact) mass is 428 g/mol. The van der Waals surface area contributed by atoms with Gasteiger partial charge in [-0.25, -0.2) is 4.52 Å². The molecular formula is C20H17ClN4O3S. The van der Waals surface area contributed by atoms with Crippen LogP contribution in [0.4, 0.5) is 5.95 Å². The van der Waals surface area contributed by atoms with E-state index in [-0.39, 0.29) is 24.9 Å². The van der Waals surface area contributed by atoms with Crippen LogP contribution in [0.15, 0.2) is 53.9 Å². The van der Waals surface area contributed by atoms with E-state index in [9.17, 15) is 4.79 Å². The number of halogens is 1. The third-order valence-corrected chi connectivity index (χ3v) is 5.20. The lowest BCUT2D eigenvalue weighted by molar-refractivity contribution is -0.116. The second kappa shape index (κ2) is 8.50. The van der Waals surface area contributed by atoms with E-state index >= 15 is 0 Å². The number of carbonyl (C=O) groups excluding carboxylic acids is 1. The Bertz CT molecular complexity index is 1120. The van der Waals surface area contributed by atoms with E-state index in [1.165, 1.54) is 11.3 Å². The lowest BCUT2D eigenvalue weighted by Gasteiger charge is -2.05. The Morgan fingerprint density at radius 2 is 1.86 bits per heavy atom. The highest BCUT2D eigenvalue weighted by atomic mass is 35.5. The minimum absolute atomic E-state index is 0.181. The molecule has 0 aliphatic heterocycles. The molecule has 0 radical (unpaired) electrons. The molecule has 7 nitrogen and oxygen atoms in total. The molecule has 29 heavy (non-hydrogen) atoms. The molecule has 2 heterocycles. The Kier molecular flexibility index (Phi) is 5.64.